The van der Waals surface area contributed by atoms with Crippen LogP contribution in [0.15, 0.2) is 0 Å². The van der Waals surface area contributed by atoms with Crippen LogP contribution in [0.5, 0.6) is 0 Å². The third-order valence-corrected chi connectivity index (χ3v) is 31.0. The van der Waals surface area contributed by atoms with Crippen LogP contribution < -0.4 is 0 Å². The zero-order chi connectivity index (χ0) is 103. The smallest absolute Gasteiger partial charge is 0.305 e. The molecule has 0 aromatic carbocycles. The first-order valence-corrected chi connectivity index (χ1v) is 65.0. The van der Waals surface area contributed by atoms with Crippen LogP contribution in [0, 0.1) is 10.8 Å². The Bertz CT molecular complexity index is 2140. The minimum atomic E-state index is -1.37. The van der Waals surface area contributed by atoms with Crippen LogP contribution in [-0.4, -0.2) is 88.7 Å². The van der Waals surface area contributed by atoms with Crippen molar-refractivity contribution >= 4 is 35.8 Å². The highest BCUT2D eigenvalue weighted by Crippen LogP contribution is 2.31. The van der Waals surface area contributed by atoms with Gasteiger partial charge in [0.2, 0.25) is 0 Å². The second-order valence-electron chi connectivity index (χ2n) is 45.9. The molecule has 0 rings (SSSR count). The lowest BCUT2D eigenvalue weighted by atomic mass is 9.90. The van der Waals surface area contributed by atoms with Crippen LogP contribution >= 0.6 is 0 Å². The number of hydrogen-bond donors (Lipinski definition) is 0. The fourth-order valence-electron chi connectivity index (χ4n) is 20.8. The fourth-order valence-corrected chi connectivity index (χ4v) is 20.8. The Morgan fingerprint density at radius 2 is 0.189 bits per heavy atom. The molecule has 0 atom stereocenters. The first-order valence-electron chi connectivity index (χ1n) is 65.0. The van der Waals surface area contributed by atoms with Gasteiger partial charge in [0.25, 0.3) is 0 Å². The molecule has 0 saturated heterocycles. The van der Waals surface area contributed by atoms with Crippen molar-refractivity contribution in [3.63, 3.8) is 0 Å². The summed E-state index contributed by atoms with van der Waals surface area (Å²) < 4.78 is 45.0. The molecule has 0 N–H and O–H groups in total. The first-order chi connectivity index (χ1) is 70.4. The number of carbonyl (C=O) groups is 6. The van der Waals surface area contributed by atoms with E-state index in [0.29, 0.717) is 38.5 Å². The maximum atomic E-state index is 14.3. The monoisotopic (exact) mass is 2020 g/mol. The average molecular weight is 2020 g/mol. The number of carbonyl (C=O) groups excluding carboxylic acids is 6. The van der Waals surface area contributed by atoms with Crippen LogP contribution in [0.4, 0.5) is 0 Å². The maximum Gasteiger partial charge on any atom is 0.305 e. The van der Waals surface area contributed by atoms with E-state index in [1.165, 1.54) is 501 Å². The minimum absolute atomic E-state index is 0.215. The predicted octanol–water partition coefficient (Wildman–Crippen LogP) is 42.5. The Morgan fingerprint density at radius 3 is 0.273 bits per heavy atom. The van der Waals surface area contributed by atoms with Gasteiger partial charge in [0.1, 0.15) is 39.6 Å². The molecule has 0 aliphatic carbocycles. The summed E-state index contributed by atoms with van der Waals surface area (Å²) in [7, 11) is 0. The van der Waals surface area contributed by atoms with E-state index in [0.717, 1.165) is 116 Å². The lowest BCUT2D eigenvalue weighted by molar-refractivity contribution is -0.175. The minimum Gasteiger partial charge on any atom is -0.465 e. The highest BCUT2D eigenvalue weighted by atomic mass is 16.6. The van der Waals surface area contributed by atoms with Gasteiger partial charge < -0.3 is 33.2 Å². The largest absolute Gasteiger partial charge is 0.465 e. The van der Waals surface area contributed by atoms with Crippen molar-refractivity contribution in [1.82, 2.24) is 0 Å². The van der Waals surface area contributed by atoms with Crippen molar-refractivity contribution < 1.29 is 61.9 Å². The number of esters is 6. The molecule has 0 bridgehead atoms. The molecule has 0 spiro atoms. The number of unbranched alkanes of at least 4 members (excludes halogenated alkanes) is 96. The van der Waals surface area contributed by atoms with Gasteiger partial charge in [-0.25, -0.2) is 0 Å². The van der Waals surface area contributed by atoms with Gasteiger partial charge in [0.15, 0.2) is 0 Å². The van der Waals surface area contributed by atoms with Gasteiger partial charge in [0, 0.05) is 38.5 Å². The molecule has 0 saturated carbocycles. The van der Waals surface area contributed by atoms with Crippen LogP contribution in [-0.2, 0) is 61.9 Å². The van der Waals surface area contributed by atoms with E-state index in [2.05, 4.69) is 41.5 Å². The van der Waals surface area contributed by atoms with Crippen molar-refractivity contribution in [2.24, 2.45) is 10.8 Å². The molecule has 848 valence electrons. The highest BCUT2D eigenvalue weighted by Gasteiger charge is 2.41. The van der Waals surface area contributed by atoms with Crippen LogP contribution in [0.1, 0.15) is 735 Å². The second-order valence-corrected chi connectivity index (χ2v) is 45.9. The van der Waals surface area contributed by atoms with E-state index >= 15 is 0 Å². The molecule has 0 aliphatic rings. The second kappa shape index (κ2) is 117. The molecule has 13 heteroatoms. The zero-order valence-corrected chi connectivity index (χ0v) is 97.3. The normalized spacial score (nSPS) is 11.8. The summed E-state index contributed by atoms with van der Waals surface area (Å²) in [6, 6.07) is 0. The first kappa shape index (κ1) is 140. The summed E-state index contributed by atoms with van der Waals surface area (Å²) >= 11 is 0. The van der Waals surface area contributed by atoms with Gasteiger partial charge in [-0.2, -0.15) is 0 Å². The summed E-state index contributed by atoms with van der Waals surface area (Å²) in [5, 5.41) is 0. The number of ether oxygens (including phenoxy) is 7. The van der Waals surface area contributed by atoms with Crippen LogP contribution in [0.2, 0.25) is 0 Å². The van der Waals surface area contributed by atoms with E-state index in [-0.39, 0.29) is 127 Å². The third-order valence-electron chi connectivity index (χ3n) is 31.0. The van der Waals surface area contributed by atoms with Gasteiger partial charge in [-0.15, -0.1) is 0 Å². The van der Waals surface area contributed by atoms with Gasteiger partial charge >= 0.3 is 35.8 Å². The van der Waals surface area contributed by atoms with Gasteiger partial charge in [-0.05, 0) is 38.5 Å². The maximum absolute atomic E-state index is 14.3. The summed E-state index contributed by atoms with van der Waals surface area (Å²) in [6.45, 7) is 11.7. The average Bonchev–Trinajstić information content (AvgIpc) is 0.835. The summed E-state index contributed by atoms with van der Waals surface area (Å²) in [6.07, 6.45) is 128. The van der Waals surface area contributed by atoms with Crippen molar-refractivity contribution in [1.29, 1.82) is 0 Å². The van der Waals surface area contributed by atoms with Gasteiger partial charge in [-0.3, -0.25) is 28.8 Å². The lowest BCUT2D eigenvalue weighted by Gasteiger charge is -2.35. The summed E-state index contributed by atoms with van der Waals surface area (Å²) in [4.78, 5) is 85.5. The lowest BCUT2D eigenvalue weighted by Crippen LogP contribution is -2.47. The van der Waals surface area contributed by atoms with Crippen molar-refractivity contribution in [3.05, 3.63) is 0 Å². The van der Waals surface area contributed by atoms with Crippen molar-refractivity contribution in [2.75, 3.05) is 52.9 Å². The third kappa shape index (κ3) is 108. The Morgan fingerprint density at radius 1 is 0.112 bits per heavy atom. The number of rotatable bonds is 124. The molecule has 0 aliphatic heterocycles. The van der Waals surface area contributed by atoms with E-state index in [1.54, 1.807) is 0 Å². The predicted molar refractivity (Wildman–Crippen MR) is 614 cm³/mol. The number of hydrogen-bond acceptors (Lipinski definition) is 13. The topological polar surface area (TPSA) is 167 Å². The fraction of sp³-hybridized carbons (Fsp3) is 0.954. The molecular weight excluding hydrogens is 1770 g/mol. The van der Waals surface area contributed by atoms with Gasteiger partial charge in [0.05, 0.1) is 24.0 Å². The molecule has 0 radical (unpaired) electrons. The molecule has 0 heterocycles. The Balaban J connectivity index is 7.25. The Kier molecular flexibility index (Phi) is 115. The molecule has 143 heavy (non-hydrogen) atoms. The van der Waals surface area contributed by atoms with Crippen LogP contribution in [0.25, 0.3) is 0 Å². The summed E-state index contributed by atoms with van der Waals surface area (Å²) in [5.74, 6) is -2.26. The summed E-state index contributed by atoms with van der Waals surface area (Å²) in [5.41, 5.74) is -2.75. The van der Waals surface area contributed by atoms with Crippen molar-refractivity contribution in [3.8, 4) is 0 Å². The van der Waals surface area contributed by atoms with Gasteiger partial charge in [-0.1, -0.05) is 658 Å². The highest BCUT2D eigenvalue weighted by molar-refractivity contribution is 5.71. The SMILES string of the molecule is CCCCCCCCCCCCCCCCCCCC(=O)OCC(COCC(COC(=O)CCCCCCCCCCCCCCCCCCC)(COC(=O)CCCCCCCCCCCCCCCCCCC)COC(=O)CCCCCCCCCCCCCCCCCCC)(COC(=O)CCCCCCCCCCCCCCCCCCC)COC(=O)CCCCCCCCCCCCCCCCCCC. The molecule has 13 nitrogen and oxygen atoms in total. The van der Waals surface area contributed by atoms with Crippen LogP contribution in [0.3, 0.4) is 0 Å². The molecule has 0 aromatic heterocycles. The van der Waals surface area contributed by atoms with E-state index in [1.807, 2.05) is 0 Å². The zero-order valence-electron chi connectivity index (χ0n) is 97.3. The van der Waals surface area contributed by atoms with E-state index in [9.17, 15) is 28.8 Å². The Labute approximate surface area is 891 Å². The van der Waals surface area contributed by atoms with Crippen molar-refractivity contribution in [2.45, 2.75) is 735 Å². The molecule has 0 amide bonds. The molecule has 0 fully saturated rings. The Hall–Kier alpha value is -3.22. The van der Waals surface area contributed by atoms with E-state index in [4.69, 9.17) is 33.2 Å². The molecule has 0 aromatic rings. The molecular formula is C130H250O13. The standard InChI is InChI=1S/C130H250O13/c1-7-13-19-25-31-37-43-49-55-61-67-73-79-85-91-97-103-109-123(131)138-117-129(118-139-124(132)110-104-98-92-86-80-74-68-62-56-50-44-38-32-26-20-14-8-2,119-140-125(133)111-105-99-93-87-81-75-69-63-57-51-45-39-33-27-21-15-9-3)115-137-116-130(120-141-126(134)112-106-100-94-88-82-76-70-64-58-52-46-40-34-28-22-16-10-4,121-142-127(135)113-107-101-95-89-83-77-71-65-59-53-47-41-35-29-23-17-11-5)122-143-128(136)114-108-102-96-90-84-78-72-66-60-54-48-42-36-30-24-18-12-6/h7-122H2,1-6H3. The molecule has 0 unspecified atom stereocenters. The van der Waals surface area contributed by atoms with E-state index < -0.39 is 10.8 Å². The quantitative estimate of drug-likeness (QED) is 0.0321.